The van der Waals surface area contributed by atoms with Gasteiger partial charge >= 0.3 is 0 Å². The Morgan fingerprint density at radius 3 is 2.67 bits per heavy atom. The fourth-order valence-corrected chi connectivity index (χ4v) is 2.01. The van der Waals surface area contributed by atoms with Gasteiger partial charge in [-0.25, -0.2) is 4.68 Å². The lowest BCUT2D eigenvalue weighted by atomic mass is 10.2. The third kappa shape index (κ3) is 2.59. The van der Waals surface area contributed by atoms with E-state index in [-0.39, 0.29) is 6.04 Å². The molecule has 0 aliphatic carbocycles. The summed E-state index contributed by atoms with van der Waals surface area (Å²) in [6.07, 6.45) is 1.12. The smallest absolute Gasteiger partial charge is 0.103 e. The summed E-state index contributed by atoms with van der Waals surface area (Å²) in [4.78, 5) is 0. The van der Waals surface area contributed by atoms with Crippen LogP contribution >= 0.6 is 0 Å². The zero-order valence-corrected chi connectivity index (χ0v) is 11.2. The van der Waals surface area contributed by atoms with Gasteiger partial charge in [-0.15, -0.1) is 5.10 Å². The third-order valence-corrected chi connectivity index (χ3v) is 3.04. The minimum Gasteiger partial charge on any atom is -0.309 e. The van der Waals surface area contributed by atoms with Crippen molar-refractivity contribution in [2.75, 3.05) is 6.54 Å². The Morgan fingerprint density at radius 2 is 2.00 bits per heavy atom. The minimum atomic E-state index is 0.238. The average molecular weight is 244 g/mol. The topological polar surface area (TPSA) is 42.7 Å². The summed E-state index contributed by atoms with van der Waals surface area (Å²) < 4.78 is 1.89. The van der Waals surface area contributed by atoms with Crippen molar-refractivity contribution in [3.05, 3.63) is 41.7 Å². The van der Waals surface area contributed by atoms with Crippen LogP contribution in [0.5, 0.6) is 0 Å². The second-order valence-corrected chi connectivity index (χ2v) is 4.48. The van der Waals surface area contributed by atoms with Crippen molar-refractivity contribution in [1.29, 1.82) is 0 Å². The molecule has 0 amide bonds. The molecular formula is C14H20N4. The molecule has 18 heavy (non-hydrogen) atoms. The van der Waals surface area contributed by atoms with Crippen LogP contribution in [0.4, 0.5) is 0 Å². The maximum Gasteiger partial charge on any atom is 0.103 e. The zero-order valence-electron chi connectivity index (χ0n) is 11.2. The van der Waals surface area contributed by atoms with Crippen LogP contribution in [0.15, 0.2) is 30.3 Å². The highest BCUT2D eigenvalue weighted by atomic mass is 15.4. The number of aromatic nitrogens is 3. The van der Waals surface area contributed by atoms with E-state index in [0.29, 0.717) is 0 Å². The minimum absolute atomic E-state index is 0.238. The molecule has 1 heterocycles. The summed E-state index contributed by atoms with van der Waals surface area (Å²) in [6.45, 7) is 7.35. The molecule has 0 saturated carbocycles. The molecule has 0 bridgehead atoms. The molecule has 2 rings (SSSR count). The first-order valence-electron chi connectivity index (χ1n) is 6.45. The van der Waals surface area contributed by atoms with Gasteiger partial charge in [-0.05, 0) is 38.9 Å². The van der Waals surface area contributed by atoms with Gasteiger partial charge in [0.15, 0.2) is 0 Å². The Morgan fingerprint density at radius 1 is 1.28 bits per heavy atom. The monoisotopic (exact) mass is 244 g/mol. The van der Waals surface area contributed by atoms with E-state index in [4.69, 9.17) is 0 Å². The van der Waals surface area contributed by atoms with Crippen LogP contribution < -0.4 is 5.32 Å². The van der Waals surface area contributed by atoms with Crippen LogP contribution in [0, 0.1) is 6.92 Å². The van der Waals surface area contributed by atoms with Crippen molar-refractivity contribution >= 4 is 0 Å². The summed E-state index contributed by atoms with van der Waals surface area (Å²) in [7, 11) is 0. The SMILES string of the molecule is CCCNC(C)c1nnn(-c2ccccc2)c1C. The second kappa shape index (κ2) is 5.78. The summed E-state index contributed by atoms with van der Waals surface area (Å²) in [5.41, 5.74) is 3.17. The fraction of sp³-hybridized carbons (Fsp3) is 0.429. The van der Waals surface area contributed by atoms with Crippen LogP contribution in [-0.4, -0.2) is 21.5 Å². The van der Waals surface area contributed by atoms with E-state index in [1.807, 2.05) is 35.0 Å². The van der Waals surface area contributed by atoms with Crippen molar-refractivity contribution in [3.8, 4) is 5.69 Å². The lowest BCUT2D eigenvalue weighted by molar-refractivity contribution is 0.555. The van der Waals surface area contributed by atoms with Gasteiger partial charge in [-0.3, -0.25) is 0 Å². The Labute approximate surface area is 108 Å². The van der Waals surface area contributed by atoms with Gasteiger partial charge in [-0.2, -0.15) is 0 Å². The Bertz CT molecular complexity index is 490. The van der Waals surface area contributed by atoms with Crippen LogP contribution in [0.3, 0.4) is 0 Å². The van der Waals surface area contributed by atoms with Crippen molar-refractivity contribution in [1.82, 2.24) is 20.3 Å². The second-order valence-electron chi connectivity index (χ2n) is 4.48. The summed E-state index contributed by atoms with van der Waals surface area (Å²) in [6, 6.07) is 10.3. The zero-order chi connectivity index (χ0) is 13.0. The molecule has 1 atom stereocenters. The number of hydrogen-bond donors (Lipinski definition) is 1. The van der Waals surface area contributed by atoms with E-state index in [9.17, 15) is 0 Å². The average Bonchev–Trinajstić information content (AvgIpc) is 2.79. The molecule has 1 unspecified atom stereocenters. The van der Waals surface area contributed by atoms with E-state index >= 15 is 0 Å². The number of nitrogens with one attached hydrogen (secondary N) is 1. The molecule has 2 aromatic rings. The lowest BCUT2D eigenvalue weighted by Crippen LogP contribution is -2.20. The van der Waals surface area contributed by atoms with Crippen molar-refractivity contribution < 1.29 is 0 Å². The van der Waals surface area contributed by atoms with Gasteiger partial charge in [0.05, 0.1) is 17.4 Å². The van der Waals surface area contributed by atoms with Gasteiger partial charge in [-0.1, -0.05) is 30.3 Å². The van der Waals surface area contributed by atoms with E-state index in [0.717, 1.165) is 30.0 Å². The normalized spacial score (nSPS) is 12.6. The molecule has 4 heteroatoms. The first kappa shape index (κ1) is 12.8. The van der Waals surface area contributed by atoms with Crippen molar-refractivity contribution in [3.63, 3.8) is 0 Å². The number of nitrogens with zero attached hydrogens (tertiary/aromatic N) is 3. The molecule has 0 radical (unpaired) electrons. The Balaban J connectivity index is 2.24. The summed E-state index contributed by atoms with van der Waals surface area (Å²) in [5, 5.41) is 12.0. The number of rotatable bonds is 5. The highest BCUT2D eigenvalue weighted by molar-refractivity contribution is 5.33. The standard InChI is InChI=1S/C14H20N4/c1-4-10-15-11(2)14-12(3)18(17-16-14)13-8-6-5-7-9-13/h5-9,11,15H,4,10H2,1-3H3. The number of benzene rings is 1. The molecule has 0 aliphatic heterocycles. The quantitative estimate of drug-likeness (QED) is 0.879. The van der Waals surface area contributed by atoms with E-state index in [2.05, 4.69) is 36.4 Å². The van der Waals surface area contributed by atoms with Crippen LogP contribution in [-0.2, 0) is 0 Å². The lowest BCUT2D eigenvalue weighted by Gasteiger charge is -2.11. The summed E-state index contributed by atoms with van der Waals surface area (Å²) >= 11 is 0. The fourth-order valence-electron chi connectivity index (χ4n) is 2.01. The van der Waals surface area contributed by atoms with Crippen molar-refractivity contribution in [2.24, 2.45) is 0 Å². The van der Waals surface area contributed by atoms with Gasteiger partial charge in [0.2, 0.25) is 0 Å². The number of para-hydroxylation sites is 1. The first-order valence-corrected chi connectivity index (χ1v) is 6.45. The van der Waals surface area contributed by atoms with Gasteiger partial charge in [0, 0.05) is 0 Å². The molecule has 0 spiro atoms. The highest BCUT2D eigenvalue weighted by Gasteiger charge is 2.15. The van der Waals surface area contributed by atoms with Crippen molar-refractivity contribution in [2.45, 2.75) is 33.2 Å². The Kier molecular flexibility index (Phi) is 4.10. The molecule has 0 saturated heterocycles. The molecule has 0 aliphatic rings. The van der Waals surface area contributed by atoms with E-state index in [1.54, 1.807) is 0 Å². The molecule has 1 aromatic carbocycles. The van der Waals surface area contributed by atoms with Gasteiger partial charge in [0.1, 0.15) is 5.69 Å². The predicted molar refractivity (Wildman–Crippen MR) is 72.8 cm³/mol. The molecule has 96 valence electrons. The van der Waals surface area contributed by atoms with E-state index in [1.165, 1.54) is 0 Å². The Hall–Kier alpha value is -1.68. The predicted octanol–water partition coefficient (Wildman–Crippen LogP) is 2.64. The molecule has 1 N–H and O–H groups in total. The van der Waals surface area contributed by atoms with Crippen LogP contribution in [0.2, 0.25) is 0 Å². The van der Waals surface area contributed by atoms with Crippen LogP contribution in [0.25, 0.3) is 5.69 Å². The number of hydrogen-bond acceptors (Lipinski definition) is 3. The molecular weight excluding hydrogens is 224 g/mol. The van der Waals surface area contributed by atoms with Crippen LogP contribution in [0.1, 0.15) is 37.7 Å². The highest BCUT2D eigenvalue weighted by Crippen LogP contribution is 2.17. The van der Waals surface area contributed by atoms with Gasteiger partial charge in [0.25, 0.3) is 0 Å². The first-order chi connectivity index (χ1) is 8.74. The maximum absolute atomic E-state index is 4.30. The van der Waals surface area contributed by atoms with Gasteiger partial charge < -0.3 is 5.32 Å². The molecule has 0 fully saturated rings. The molecule has 4 nitrogen and oxygen atoms in total. The third-order valence-electron chi connectivity index (χ3n) is 3.04. The van der Waals surface area contributed by atoms with E-state index < -0.39 is 0 Å². The maximum atomic E-state index is 4.30. The largest absolute Gasteiger partial charge is 0.309 e. The summed E-state index contributed by atoms with van der Waals surface area (Å²) in [5.74, 6) is 0. The molecule has 1 aromatic heterocycles.